The number of benzene rings is 1. The predicted molar refractivity (Wildman–Crippen MR) is 74.2 cm³/mol. The van der Waals surface area contributed by atoms with Gasteiger partial charge in [-0.05, 0) is 16.1 Å². The SMILES string of the molecule is Cc1nc(N2C[C@H](c3ccccc3)C(C)(C)C2)no1. The van der Waals surface area contributed by atoms with Gasteiger partial charge in [0.15, 0.2) is 0 Å². The van der Waals surface area contributed by atoms with Gasteiger partial charge >= 0.3 is 0 Å². The van der Waals surface area contributed by atoms with Gasteiger partial charge in [-0.25, -0.2) is 0 Å². The fourth-order valence-corrected chi connectivity index (χ4v) is 2.95. The van der Waals surface area contributed by atoms with Crippen molar-refractivity contribution in [1.82, 2.24) is 10.1 Å². The number of hydrogen-bond acceptors (Lipinski definition) is 4. The number of hydrogen-bond donors (Lipinski definition) is 0. The van der Waals surface area contributed by atoms with Crippen LogP contribution in [-0.4, -0.2) is 23.2 Å². The fraction of sp³-hybridized carbons (Fsp3) is 0.467. The Bertz CT molecular complexity index is 562. The Morgan fingerprint density at radius 3 is 2.63 bits per heavy atom. The quantitative estimate of drug-likeness (QED) is 0.829. The van der Waals surface area contributed by atoms with Gasteiger partial charge in [0.05, 0.1) is 0 Å². The van der Waals surface area contributed by atoms with Crippen molar-refractivity contribution in [3.8, 4) is 0 Å². The summed E-state index contributed by atoms with van der Waals surface area (Å²) in [5.41, 5.74) is 1.59. The van der Waals surface area contributed by atoms with Crippen LogP contribution in [0.5, 0.6) is 0 Å². The zero-order chi connectivity index (χ0) is 13.5. The second kappa shape index (κ2) is 4.37. The third kappa shape index (κ3) is 2.23. The molecule has 1 aliphatic rings. The predicted octanol–water partition coefficient (Wildman–Crippen LogP) is 3.01. The average Bonchev–Trinajstić information content (AvgIpc) is 2.94. The van der Waals surface area contributed by atoms with E-state index >= 15 is 0 Å². The monoisotopic (exact) mass is 257 g/mol. The number of anilines is 1. The molecule has 0 bridgehead atoms. The van der Waals surface area contributed by atoms with Crippen molar-refractivity contribution < 1.29 is 4.52 Å². The van der Waals surface area contributed by atoms with Crippen LogP contribution in [0.1, 0.15) is 31.2 Å². The van der Waals surface area contributed by atoms with Crippen LogP contribution in [0.15, 0.2) is 34.9 Å². The summed E-state index contributed by atoms with van der Waals surface area (Å²) in [6, 6.07) is 10.7. The smallest absolute Gasteiger partial charge is 0.266 e. The molecule has 100 valence electrons. The van der Waals surface area contributed by atoms with Gasteiger partial charge in [0, 0.05) is 25.9 Å². The van der Waals surface area contributed by atoms with Crippen LogP contribution in [0.2, 0.25) is 0 Å². The third-order valence-corrected chi connectivity index (χ3v) is 3.95. The van der Waals surface area contributed by atoms with Crippen molar-refractivity contribution in [2.45, 2.75) is 26.7 Å². The zero-order valence-corrected chi connectivity index (χ0v) is 11.6. The van der Waals surface area contributed by atoms with E-state index in [-0.39, 0.29) is 5.41 Å². The van der Waals surface area contributed by atoms with Crippen LogP contribution in [0.25, 0.3) is 0 Å². The molecule has 0 spiro atoms. The number of aryl methyl sites for hydroxylation is 1. The molecule has 0 N–H and O–H groups in total. The molecule has 2 heterocycles. The average molecular weight is 257 g/mol. The number of rotatable bonds is 2. The first kappa shape index (κ1) is 12.2. The Kier molecular flexibility index (Phi) is 2.81. The van der Waals surface area contributed by atoms with Crippen LogP contribution in [-0.2, 0) is 0 Å². The molecule has 0 unspecified atom stereocenters. The van der Waals surface area contributed by atoms with Gasteiger partial charge in [-0.3, -0.25) is 0 Å². The molecule has 2 aromatic rings. The molecule has 0 radical (unpaired) electrons. The summed E-state index contributed by atoms with van der Waals surface area (Å²) >= 11 is 0. The lowest BCUT2D eigenvalue weighted by molar-refractivity contribution is 0.364. The van der Waals surface area contributed by atoms with E-state index in [1.165, 1.54) is 5.56 Å². The van der Waals surface area contributed by atoms with E-state index in [0.717, 1.165) is 13.1 Å². The standard InChI is InChI=1S/C15H19N3O/c1-11-16-14(17-19-11)18-9-13(15(2,3)10-18)12-7-5-4-6-8-12/h4-8,13H,9-10H2,1-3H3/t13-/m1/s1. The minimum atomic E-state index is 0.204. The second-order valence-electron chi connectivity index (χ2n) is 5.95. The summed E-state index contributed by atoms with van der Waals surface area (Å²) in [6.45, 7) is 8.32. The maximum Gasteiger partial charge on any atom is 0.266 e. The third-order valence-electron chi connectivity index (χ3n) is 3.95. The highest BCUT2D eigenvalue weighted by Gasteiger charge is 2.41. The van der Waals surface area contributed by atoms with E-state index in [1.54, 1.807) is 0 Å². The van der Waals surface area contributed by atoms with E-state index in [0.29, 0.717) is 17.8 Å². The van der Waals surface area contributed by atoms with Gasteiger partial charge in [0.25, 0.3) is 5.95 Å². The van der Waals surface area contributed by atoms with Crippen molar-refractivity contribution in [1.29, 1.82) is 0 Å². The van der Waals surface area contributed by atoms with Crippen molar-refractivity contribution >= 4 is 5.95 Å². The van der Waals surface area contributed by atoms with E-state index in [1.807, 2.05) is 6.92 Å². The summed E-state index contributed by atoms with van der Waals surface area (Å²) in [6.07, 6.45) is 0. The summed E-state index contributed by atoms with van der Waals surface area (Å²) < 4.78 is 5.08. The first-order valence-electron chi connectivity index (χ1n) is 6.66. The highest BCUT2D eigenvalue weighted by atomic mass is 16.5. The number of aromatic nitrogens is 2. The molecule has 4 nitrogen and oxygen atoms in total. The summed E-state index contributed by atoms with van der Waals surface area (Å²) in [5, 5.41) is 4.03. The molecular weight excluding hydrogens is 238 g/mol. The molecule has 0 amide bonds. The van der Waals surface area contributed by atoms with Gasteiger partial charge in [0.1, 0.15) is 0 Å². The van der Waals surface area contributed by atoms with Gasteiger partial charge in [-0.1, -0.05) is 44.2 Å². The van der Waals surface area contributed by atoms with Crippen molar-refractivity contribution in [3.05, 3.63) is 41.8 Å². The Morgan fingerprint density at radius 2 is 2.00 bits per heavy atom. The summed E-state index contributed by atoms with van der Waals surface area (Å²) in [5.74, 6) is 1.83. The molecule has 0 aliphatic carbocycles. The molecule has 3 rings (SSSR count). The molecule has 19 heavy (non-hydrogen) atoms. The lowest BCUT2D eigenvalue weighted by Gasteiger charge is -2.25. The van der Waals surface area contributed by atoms with Crippen LogP contribution < -0.4 is 4.90 Å². The highest BCUT2D eigenvalue weighted by molar-refractivity contribution is 5.37. The van der Waals surface area contributed by atoms with E-state index < -0.39 is 0 Å². The topological polar surface area (TPSA) is 42.2 Å². The van der Waals surface area contributed by atoms with Gasteiger partial charge < -0.3 is 9.42 Å². The van der Waals surface area contributed by atoms with Crippen LogP contribution >= 0.6 is 0 Å². The van der Waals surface area contributed by atoms with Crippen molar-refractivity contribution in [2.75, 3.05) is 18.0 Å². The molecule has 1 aromatic heterocycles. The molecule has 0 saturated carbocycles. The van der Waals surface area contributed by atoms with Crippen molar-refractivity contribution in [3.63, 3.8) is 0 Å². The molecule has 1 aromatic carbocycles. The normalized spacial score (nSPS) is 21.8. The molecular formula is C15H19N3O. The Balaban J connectivity index is 1.88. The van der Waals surface area contributed by atoms with Crippen LogP contribution in [0, 0.1) is 12.3 Å². The summed E-state index contributed by atoms with van der Waals surface area (Å²) in [4.78, 5) is 6.55. The van der Waals surface area contributed by atoms with Crippen molar-refractivity contribution in [2.24, 2.45) is 5.41 Å². The van der Waals surface area contributed by atoms with Crippen LogP contribution in [0.3, 0.4) is 0 Å². The second-order valence-corrected chi connectivity index (χ2v) is 5.95. The van der Waals surface area contributed by atoms with Gasteiger partial charge in [-0.2, -0.15) is 4.98 Å². The lowest BCUT2D eigenvalue weighted by atomic mass is 9.78. The molecule has 1 aliphatic heterocycles. The molecule has 1 saturated heterocycles. The van der Waals surface area contributed by atoms with E-state index in [4.69, 9.17) is 4.52 Å². The maximum atomic E-state index is 5.08. The Morgan fingerprint density at radius 1 is 1.26 bits per heavy atom. The maximum absolute atomic E-state index is 5.08. The lowest BCUT2D eigenvalue weighted by Crippen LogP contribution is -2.24. The highest BCUT2D eigenvalue weighted by Crippen LogP contribution is 2.43. The Labute approximate surface area is 113 Å². The first-order valence-corrected chi connectivity index (χ1v) is 6.66. The van der Waals surface area contributed by atoms with Gasteiger partial charge in [0.2, 0.25) is 5.89 Å². The van der Waals surface area contributed by atoms with E-state index in [9.17, 15) is 0 Å². The number of nitrogens with zero attached hydrogens (tertiary/aromatic N) is 3. The Hall–Kier alpha value is -1.84. The minimum Gasteiger partial charge on any atom is -0.338 e. The summed E-state index contributed by atoms with van der Waals surface area (Å²) in [7, 11) is 0. The van der Waals surface area contributed by atoms with Gasteiger partial charge in [-0.15, -0.1) is 0 Å². The zero-order valence-electron chi connectivity index (χ0n) is 11.6. The molecule has 1 atom stereocenters. The minimum absolute atomic E-state index is 0.204. The molecule has 4 heteroatoms. The largest absolute Gasteiger partial charge is 0.338 e. The first-order chi connectivity index (χ1) is 9.06. The molecule has 1 fully saturated rings. The van der Waals surface area contributed by atoms with E-state index in [2.05, 4.69) is 59.2 Å². The van der Waals surface area contributed by atoms with Crippen LogP contribution in [0.4, 0.5) is 5.95 Å². The fourth-order valence-electron chi connectivity index (χ4n) is 2.95.